The number of rotatable bonds is 6. The van der Waals surface area contributed by atoms with E-state index in [0.717, 1.165) is 12.1 Å². The molecule has 0 aliphatic heterocycles. The van der Waals surface area contributed by atoms with Gasteiger partial charge in [-0.05, 0) is 13.3 Å². The van der Waals surface area contributed by atoms with Gasteiger partial charge in [0.05, 0.1) is 12.3 Å². The van der Waals surface area contributed by atoms with Gasteiger partial charge in [-0.3, -0.25) is 0 Å². The Balaban J connectivity index is 2.56. The third-order valence-electron chi connectivity index (χ3n) is 2.11. The van der Waals surface area contributed by atoms with E-state index in [9.17, 15) is 0 Å². The van der Waals surface area contributed by atoms with Crippen LogP contribution in [0.1, 0.15) is 19.5 Å². The van der Waals surface area contributed by atoms with E-state index in [0.29, 0.717) is 31.4 Å². The van der Waals surface area contributed by atoms with Crippen molar-refractivity contribution in [3.63, 3.8) is 0 Å². The van der Waals surface area contributed by atoms with Crippen LogP contribution in [0.4, 0.5) is 5.69 Å². The van der Waals surface area contributed by atoms with Gasteiger partial charge in [0.25, 0.3) is 0 Å². The van der Waals surface area contributed by atoms with Crippen molar-refractivity contribution in [1.82, 2.24) is 9.78 Å². The third-order valence-corrected chi connectivity index (χ3v) is 2.11. The smallest absolute Gasteiger partial charge is 0.235 e. The Bertz CT molecular complexity index is 310. The van der Waals surface area contributed by atoms with Crippen LogP contribution in [0.3, 0.4) is 0 Å². The fourth-order valence-electron chi connectivity index (χ4n) is 1.35. The van der Waals surface area contributed by atoms with Gasteiger partial charge in [0.15, 0.2) is 0 Å². The first-order valence-corrected chi connectivity index (χ1v) is 5.22. The van der Waals surface area contributed by atoms with Gasteiger partial charge in [-0.25, -0.2) is 4.68 Å². The third kappa shape index (κ3) is 2.86. The second-order valence-corrected chi connectivity index (χ2v) is 3.19. The molecule has 1 heterocycles. The highest BCUT2D eigenvalue weighted by atomic mass is 16.5. The van der Waals surface area contributed by atoms with E-state index in [4.69, 9.17) is 15.2 Å². The molecule has 0 unspecified atom stereocenters. The maximum atomic E-state index is 5.88. The largest absolute Gasteiger partial charge is 0.474 e. The minimum absolute atomic E-state index is 0.501. The Hall–Kier alpha value is -1.23. The second kappa shape index (κ2) is 5.60. The van der Waals surface area contributed by atoms with E-state index in [-0.39, 0.29) is 0 Å². The molecule has 0 aliphatic carbocycles. The molecule has 86 valence electrons. The lowest BCUT2D eigenvalue weighted by atomic mass is 10.3. The van der Waals surface area contributed by atoms with Gasteiger partial charge < -0.3 is 15.2 Å². The normalized spacial score (nSPS) is 10.6. The number of aryl methyl sites for hydroxylation is 2. The lowest BCUT2D eigenvalue weighted by Crippen LogP contribution is -2.09. The summed E-state index contributed by atoms with van der Waals surface area (Å²) in [5, 5.41) is 4.25. The van der Waals surface area contributed by atoms with Crippen molar-refractivity contribution in [3.8, 4) is 5.88 Å². The van der Waals surface area contributed by atoms with Crippen LogP contribution >= 0.6 is 0 Å². The van der Waals surface area contributed by atoms with Gasteiger partial charge >= 0.3 is 0 Å². The van der Waals surface area contributed by atoms with Crippen molar-refractivity contribution in [2.24, 2.45) is 7.05 Å². The van der Waals surface area contributed by atoms with Crippen molar-refractivity contribution in [2.45, 2.75) is 20.3 Å². The molecule has 5 heteroatoms. The summed E-state index contributed by atoms with van der Waals surface area (Å²) in [5.74, 6) is 0.631. The molecular formula is C10H19N3O2. The van der Waals surface area contributed by atoms with Gasteiger partial charge in [-0.2, -0.15) is 5.10 Å². The molecule has 0 saturated carbocycles. The average Bonchev–Trinajstić information content (AvgIpc) is 2.50. The zero-order chi connectivity index (χ0) is 11.3. The molecule has 1 aromatic heterocycles. The lowest BCUT2D eigenvalue weighted by Gasteiger charge is -2.06. The zero-order valence-electron chi connectivity index (χ0n) is 9.62. The number of ether oxygens (including phenoxy) is 2. The molecule has 0 aromatic carbocycles. The highest BCUT2D eigenvalue weighted by molar-refractivity contribution is 5.53. The molecule has 0 amide bonds. The van der Waals surface area contributed by atoms with E-state index >= 15 is 0 Å². The maximum Gasteiger partial charge on any atom is 0.235 e. The molecule has 1 rings (SSSR count). The van der Waals surface area contributed by atoms with Gasteiger partial charge in [0, 0.05) is 13.7 Å². The molecule has 0 atom stereocenters. The predicted molar refractivity (Wildman–Crippen MR) is 59.0 cm³/mol. The topological polar surface area (TPSA) is 62.3 Å². The van der Waals surface area contributed by atoms with Gasteiger partial charge in [0.2, 0.25) is 5.88 Å². The first-order chi connectivity index (χ1) is 7.20. The highest BCUT2D eigenvalue weighted by Crippen LogP contribution is 2.24. The van der Waals surface area contributed by atoms with Crippen LogP contribution in [0.2, 0.25) is 0 Å². The number of nitrogen functional groups attached to an aromatic ring is 1. The van der Waals surface area contributed by atoms with Crippen molar-refractivity contribution < 1.29 is 9.47 Å². The van der Waals surface area contributed by atoms with Gasteiger partial charge in [-0.15, -0.1) is 0 Å². The minimum Gasteiger partial charge on any atom is -0.474 e. The Labute approximate surface area is 90.2 Å². The van der Waals surface area contributed by atoms with Crippen molar-refractivity contribution in [2.75, 3.05) is 25.6 Å². The van der Waals surface area contributed by atoms with E-state index in [1.165, 1.54) is 0 Å². The van der Waals surface area contributed by atoms with Crippen LogP contribution in [0.5, 0.6) is 5.88 Å². The summed E-state index contributed by atoms with van der Waals surface area (Å²) in [6.07, 6.45) is 0.814. The monoisotopic (exact) mass is 213 g/mol. The average molecular weight is 213 g/mol. The van der Waals surface area contributed by atoms with Crippen molar-refractivity contribution in [1.29, 1.82) is 0 Å². The van der Waals surface area contributed by atoms with E-state index in [2.05, 4.69) is 5.10 Å². The summed E-state index contributed by atoms with van der Waals surface area (Å²) in [6.45, 7) is 5.74. The second-order valence-electron chi connectivity index (χ2n) is 3.19. The Morgan fingerprint density at radius 3 is 2.60 bits per heavy atom. The van der Waals surface area contributed by atoms with Crippen molar-refractivity contribution >= 4 is 5.69 Å². The summed E-state index contributed by atoms with van der Waals surface area (Å²) in [5.41, 5.74) is 7.39. The molecule has 0 aliphatic rings. The van der Waals surface area contributed by atoms with Crippen molar-refractivity contribution in [3.05, 3.63) is 5.69 Å². The van der Waals surface area contributed by atoms with E-state index < -0.39 is 0 Å². The molecule has 15 heavy (non-hydrogen) atoms. The summed E-state index contributed by atoms with van der Waals surface area (Å²) < 4.78 is 12.3. The first kappa shape index (κ1) is 11.8. The maximum absolute atomic E-state index is 5.88. The number of nitrogens with two attached hydrogens (primary N) is 1. The number of anilines is 1. The number of nitrogens with zero attached hydrogens (tertiary/aromatic N) is 2. The summed E-state index contributed by atoms with van der Waals surface area (Å²) in [6, 6.07) is 0. The molecule has 0 bridgehead atoms. The summed E-state index contributed by atoms with van der Waals surface area (Å²) in [4.78, 5) is 0. The first-order valence-electron chi connectivity index (χ1n) is 5.22. The van der Waals surface area contributed by atoms with E-state index in [1.807, 2.05) is 20.9 Å². The summed E-state index contributed by atoms with van der Waals surface area (Å²) >= 11 is 0. The number of hydrogen-bond donors (Lipinski definition) is 1. The van der Waals surface area contributed by atoms with Crippen LogP contribution in [0, 0.1) is 0 Å². The number of aromatic nitrogens is 2. The standard InChI is InChI=1S/C10H19N3O2/c1-4-8-9(11)10(13(3)12-8)15-7-6-14-5-2/h4-7,11H2,1-3H3. The van der Waals surface area contributed by atoms with Crippen LogP contribution in [0.25, 0.3) is 0 Å². The fourth-order valence-corrected chi connectivity index (χ4v) is 1.35. The molecule has 2 N–H and O–H groups in total. The summed E-state index contributed by atoms with van der Waals surface area (Å²) in [7, 11) is 1.82. The Morgan fingerprint density at radius 2 is 2.07 bits per heavy atom. The number of hydrogen-bond acceptors (Lipinski definition) is 4. The molecule has 1 aromatic rings. The predicted octanol–water partition coefficient (Wildman–Crippen LogP) is 0.980. The quantitative estimate of drug-likeness (QED) is 0.715. The highest BCUT2D eigenvalue weighted by Gasteiger charge is 2.12. The molecule has 0 saturated heterocycles. The zero-order valence-corrected chi connectivity index (χ0v) is 9.62. The SMILES string of the molecule is CCOCCOc1c(N)c(CC)nn1C. The van der Waals surface area contributed by atoms with Crippen LogP contribution < -0.4 is 10.5 Å². The molecular weight excluding hydrogens is 194 g/mol. The van der Waals surface area contributed by atoms with Crippen LogP contribution in [0.15, 0.2) is 0 Å². The molecule has 0 spiro atoms. The van der Waals surface area contributed by atoms with Gasteiger partial charge in [0.1, 0.15) is 12.3 Å². The minimum atomic E-state index is 0.501. The lowest BCUT2D eigenvalue weighted by molar-refractivity contribution is 0.107. The van der Waals surface area contributed by atoms with E-state index in [1.54, 1.807) is 4.68 Å². The molecule has 0 radical (unpaired) electrons. The van der Waals surface area contributed by atoms with Crippen LogP contribution in [-0.4, -0.2) is 29.6 Å². The van der Waals surface area contributed by atoms with Gasteiger partial charge in [-0.1, -0.05) is 6.92 Å². The Morgan fingerprint density at radius 1 is 1.33 bits per heavy atom. The Kier molecular flexibility index (Phi) is 4.42. The molecule has 5 nitrogen and oxygen atoms in total. The van der Waals surface area contributed by atoms with Crippen LogP contribution in [-0.2, 0) is 18.2 Å². The molecule has 0 fully saturated rings. The fraction of sp³-hybridized carbons (Fsp3) is 0.700.